The van der Waals surface area contributed by atoms with Gasteiger partial charge in [0.1, 0.15) is 17.4 Å². The Kier molecular flexibility index (Phi) is 10.6. The van der Waals surface area contributed by atoms with Crippen LogP contribution >= 0.6 is 0 Å². The Morgan fingerprint density at radius 1 is 1.03 bits per heavy atom. The lowest BCUT2D eigenvalue weighted by Crippen LogP contribution is -2.48. The van der Waals surface area contributed by atoms with E-state index in [1.807, 2.05) is 24.3 Å². The van der Waals surface area contributed by atoms with Gasteiger partial charge >= 0.3 is 5.69 Å². The number of imide groups is 1. The number of nitrogens with zero attached hydrogens (tertiary/aromatic N) is 10. The standard InChI is InChI=1S/C43H48F2N12O5/c1-51-38-27(4-2-6-33(38)57(43(51)61)34-11-12-36(58)49-42(34)60)5-3-14-52-16-18-53(19-17-52)22-26-7-9-28(10-8-26)56-24-32(37(50-56)39(44)45)47-41(59)31-21-46-55-15-13-35(48-40(31)55)54-23-30-20-29(54)25-62-30/h2,4,6,13,15,21,24,26,28-30,34,39H,7-12,14,16-20,22-23,25H2,1H3,(H,47,59)(H,49,58,60)/t26-,28-,29-,30-,34-/m1/s1. The van der Waals surface area contributed by atoms with Gasteiger partial charge in [-0.3, -0.25) is 38.4 Å². The van der Waals surface area contributed by atoms with Gasteiger partial charge in [-0.05, 0) is 62.6 Å². The lowest BCUT2D eigenvalue weighted by atomic mass is 9.85. The number of halogens is 2. The van der Waals surface area contributed by atoms with Crippen LogP contribution in [0.5, 0.6) is 0 Å². The number of rotatable bonds is 9. The van der Waals surface area contributed by atoms with Gasteiger partial charge in [0.15, 0.2) is 11.3 Å². The summed E-state index contributed by atoms with van der Waals surface area (Å²) in [6, 6.07) is 6.83. The third-order valence-corrected chi connectivity index (χ3v) is 13.3. The zero-order valence-electron chi connectivity index (χ0n) is 34.4. The van der Waals surface area contributed by atoms with Crippen molar-refractivity contribution in [3.63, 3.8) is 0 Å². The van der Waals surface area contributed by atoms with Crippen LogP contribution in [0, 0.1) is 17.8 Å². The second-order valence-electron chi connectivity index (χ2n) is 17.2. The van der Waals surface area contributed by atoms with Gasteiger partial charge in [-0.15, -0.1) is 0 Å². The molecule has 4 aliphatic heterocycles. The van der Waals surface area contributed by atoms with Crippen molar-refractivity contribution in [2.75, 3.05) is 62.6 Å². The number of hydrogen-bond donors (Lipinski definition) is 2. The number of ether oxygens (including phenoxy) is 1. The Morgan fingerprint density at radius 2 is 1.84 bits per heavy atom. The molecule has 4 aromatic heterocycles. The second-order valence-corrected chi connectivity index (χ2v) is 17.2. The topological polar surface area (TPSA) is 169 Å². The summed E-state index contributed by atoms with van der Waals surface area (Å²) in [5, 5.41) is 13.6. The van der Waals surface area contributed by atoms with Gasteiger partial charge in [0, 0.05) is 65.1 Å². The van der Waals surface area contributed by atoms with Gasteiger partial charge < -0.3 is 19.9 Å². The molecule has 5 aromatic rings. The molecule has 324 valence electrons. The van der Waals surface area contributed by atoms with E-state index in [0.29, 0.717) is 41.3 Å². The maximum atomic E-state index is 14.3. The van der Waals surface area contributed by atoms with E-state index >= 15 is 0 Å². The zero-order chi connectivity index (χ0) is 42.6. The summed E-state index contributed by atoms with van der Waals surface area (Å²) in [6.45, 7) is 6.50. The summed E-state index contributed by atoms with van der Waals surface area (Å²) in [6.07, 6.45) is 6.91. The average Bonchev–Trinajstić information content (AvgIpc) is 4.12. The van der Waals surface area contributed by atoms with Crippen LogP contribution in [0.2, 0.25) is 0 Å². The number of anilines is 2. The normalized spacial score (nSPS) is 24.6. The Bertz CT molecular complexity index is 2680. The van der Waals surface area contributed by atoms with Crippen molar-refractivity contribution in [2.24, 2.45) is 13.0 Å². The van der Waals surface area contributed by atoms with Crippen molar-refractivity contribution in [3.05, 3.63) is 70.2 Å². The monoisotopic (exact) mass is 850 g/mol. The fourth-order valence-corrected chi connectivity index (χ4v) is 10.0. The first-order valence-corrected chi connectivity index (χ1v) is 21.5. The van der Waals surface area contributed by atoms with Crippen LogP contribution in [0.15, 0.2) is 47.7 Å². The van der Waals surface area contributed by atoms with Crippen LogP contribution in [-0.4, -0.2) is 126 Å². The first-order chi connectivity index (χ1) is 30.1. The lowest BCUT2D eigenvalue weighted by Gasteiger charge is -2.37. The van der Waals surface area contributed by atoms with E-state index < -0.39 is 30.0 Å². The van der Waals surface area contributed by atoms with Gasteiger partial charge in [-0.25, -0.2) is 23.1 Å². The number of alkyl halides is 2. The molecule has 5 aliphatic rings. The van der Waals surface area contributed by atoms with E-state index in [1.54, 1.807) is 17.9 Å². The molecule has 62 heavy (non-hydrogen) atoms. The van der Waals surface area contributed by atoms with Crippen LogP contribution in [0.1, 0.15) is 85.1 Å². The molecule has 1 aromatic carbocycles. The maximum absolute atomic E-state index is 14.3. The number of piperazine rings is 1. The second kappa shape index (κ2) is 16.4. The number of morpholine rings is 1. The quantitative estimate of drug-likeness (QED) is 0.165. The highest BCUT2D eigenvalue weighted by Gasteiger charge is 2.40. The molecule has 5 fully saturated rings. The van der Waals surface area contributed by atoms with Crippen molar-refractivity contribution in [3.8, 4) is 11.8 Å². The molecule has 2 N–H and O–H groups in total. The van der Waals surface area contributed by atoms with Crippen molar-refractivity contribution in [1.29, 1.82) is 0 Å². The molecule has 0 unspecified atom stereocenters. The summed E-state index contributed by atoms with van der Waals surface area (Å²) in [5.74, 6) is 6.41. The molecule has 1 saturated carbocycles. The van der Waals surface area contributed by atoms with Crippen LogP contribution in [-0.2, 0) is 21.4 Å². The predicted molar refractivity (Wildman–Crippen MR) is 223 cm³/mol. The maximum Gasteiger partial charge on any atom is 0.329 e. The number of para-hydroxylation sites is 1. The predicted octanol–water partition coefficient (Wildman–Crippen LogP) is 3.12. The lowest BCUT2D eigenvalue weighted by molar-refractivity contribution is -0.135. The molecule has 1 aliphatic carbocycles. The summed E-state index contributed by atoms with van der Waals surface area (Å²) in [7, 11) is 1.68. The molecule has 17 nitrogen and oxygen atoms in total. The highest BCUT2D eigenvalue weighted by Crippen LogP contribution is 2.36. The number of fused-ring (bicyclic) bond motifs is 4. The molecule has 10 rings (SSSR count). The van der Waals surface area contributed by atoms with Gasteiger partial charge in [0.05, 0.1) is 59.8 Å². The number of carbonyl (C=O) groups is 3. The number of aryl methyl sites for hydroxylation is 1. The molecule has 0 radical (unpaired) electrons. The zero-order valence-corrected chi connectivity index (χ0v) is 34.4. The minimum Gasteiger partial charge on any atom is -0.374 e. The third kappa shape index (κ3) is 7.53. The fourth-order valence-electron chi connectivity index (χ4n) is 10.0. The largest absolute Gasteiger partial charge is 0.374 e. The fraction of sp³-hybridized carbons (Fsp3) is 0.512. The van der Waals surface area contributed by atoms with Crippen molar-refractivity contribution in [1.82, 2.24) is 48.6 Å². The number of carbonyl (C=O) groups excluding carboxylic acids is 3. The number of hydrogen-bond acceptors (Lipinski definition) is 11. The number of aromatic nitrogens is 7. The Labute approximate surface area is 355 Å². The summed E-state index contributed by atoms with van der Waals surface area (Å²) < 4.78 is 40.4. The number of benzene rings is 1. The molecule has 0 spiro atoms. The minimum atomic E-state index is -2.86. The van der Waals surface area contributed by atoms with Crippen molar-refractivity contribution in [2.45, 2.75) is 75.6 Å². The number of imidazole rings is 1. The van der Waals surface area contributed by atoms with Crippen molar-refractivity contribution >= 4 is 45.9 Å². The molecular formula is C43H48F2N12O5. The highest BCUT2D eigenvalue weighted by molar-refractivity contribution is 6.08. The highest BCUT2D eigenvalue weighted by atomic mass is 19.3. The molecule has 4 saturated heterocycles. The molecule has 8 heterocycles. The summed E-state index contributed by atoms with van der Waals surface area (Å²) in [5.41, 5.74) is 1.75. The Hall–Kier alpha value is -5.97. The Balaban J connectivity index is 0.718. The average molecular weight is 851 g/mol. The van der Waals surface area contributed by atoms with E-state index in [0.717, 1.165) is 77.2 Å². The summed E-state index contributed by atoms with van der Waals surface area (Å²) in [4.78, 5) is 62.9. The minimum absolute atomic E-state index is 0.00858. The van der Waals surface area contributed by atoms with E-state index in [1.165, 1.54) is 26.0 Å². The van der Waals surface area contributed by atoms with Gasteiger partial charge in [0.2, 0.25) is 11.8 Å². The third-order valence-electron chi connectivity index (χ3n) is 13.3. The SMILES string of the molecule is Cn1c(=O)n([C@@H]2CCC(=O)NC2=O)c2cccc(C#CCN3CCN(C[C@H]4CC[C@H](n5cc(NC(=O)c6cnn7ccc(N8C[C@H]9C[C@@H]8CO9)nc67)c(C(F)F)n5)CC4)CC3)c21. The first kappa shape index (κ1) is 40.1. The van der Waals surface area contributed by atoms with Crippen LogP contribution in [0.4, 0.5) is 20.3 Å². The summed E-state index contributed by atoms with van der Waals surface area (Å²) >= 11 is 0. The Morgan fingerprint density at radius 3 is 2.58 bits per heavy atom. The van der Waals surface area contributed by atoms with E-state index in [9.17, 15) is 28.0 Å². The molecule has 3 amide bonds. The molecular weight excluding hydrogens is 803 g/mol. The smallest absolute Gasteiger partial charge is 0.329 e. The van der Waals surface area contributed by atoms with Crippen LogP contribution < -0.4 is 21.2 Å². The van der Waals surface area contributed by atoms with Crippen molar-refractivity contribution < 1.29 is 27.9 Å². The molecule has 19 heteroatoms. The van der Waals surface area contributed by atoms with Crippen LogP contribution in [0.25, 0.3) is 16.7 Å². The van der Waals surface area contributed by atoms with E-state index in [-0.39, 0.29) is 53.9 Å². The molecule has 3 atom stereocenters. The van der Waals surface area contributed by atoms with Gasteiger partial charge in [0.25, 0.3) is 12.3 Å². The number of piperidine rings is 1. The van der Waals surface area contributed by atoms with Crippen LogP contribution in [0.3, 0.4) is 0 Å². The van der Waals surface area contributed by atoms with E-state index in [2.05, 4.69) is 47.4 Å². The number of amides is 3. The number of nitrogens with one attached hydrogen (secondary N) is 2. The molecule has 2 bridgehead atoms. The first-order valence-electron chi connectivity index (χ1n) is 21.5. The van der Waals surface area contributed by atoms with Gasteiger partial charge in [-0.1, -0.05) is 17.9 Å². The van der Waals surface area contributed by atoms with Gasteiger partial charge in [-0.2, -0.15) is 10.2 Å². The van der Waals surface area contributed by atoms with E-state index in [4.69, 9.17) is 9.72 Å².